The minimum absolute atomic E-state index is 0.119. The van der Waals surface area contributed by atoms with Gasteiger partial charge in [-0.15, -0.1) is 0 Å². The summed E-state index contributed by atoms with van der Waals surface area (Å²) < 4.78 is 1.78. The van der Waals surface area contributed by atoms with Gasteiger partial charge in [-0.05, 0) is 31.7 Å². The summed E-state index contributed by atoms with van der Waals surface area (Å²) in [6.45, 7) is 0.646. The topological polar surface area (TPSA) is 84.7 Å². The molecule has 0 aromatic carbocycles. The zero-order chi connectivity index (χ0) is 16.8. The largest absolute Gasteiger partial charge is 0.366 e. The first-order valence-corrected chi connectivity index (χ1v) is 8.49. The SMILES string of the molecule is Cn1ccc(CCNC(=O)C2CCC(Nc3cnccn3)CC2)n1. The summed E-state index contributed by atoms with van der Waals surface area (Å²) >= 11 is 0. The molecule has 0 unspecified atom stereocenters. The highest BCUT2D eigenvalue weighted by molar-refractivity contribution is 5.78. The Morgan fingerprint density at radius 1 is 1.29 bits per heavy atom. The number of nitrogens with one attached hydrogen (secondary N) is 2. The van der Waals surface area contributed by atoms with Gasteiger partial charge in [-0.3, -0.25) is 14.5 Å². The molecule has 128 valence electrons. The molecule has 0 saturated heterocycles. The molecule has 7 heteroatoms. The van der Waals surface area contributed by atoms with Gasteiger partial charge in [0.15, 0.2) is 0 Å². The molecular formula is C17H24N6O. The first-order valence-electron chi connectivity index (χ1n) is 8.49. The lowest BCUT2D eigenvalue weighted by atomic mass is 9.85. The van der Waals surface area contributed by atoms with E-state index in [-0.39, 0.29) is 11.8 Å². The minimum Gasteiger partial charge on any atom is -0.366 e. The Morgan fingerprint density at radius 2 is 2.12 bits per heavy atom. The molecule has 2 heterocycles. The van der Waals surface area contributed by atoms with E-state index in [4.69, 9.17) is 0 Å². The Balaban J connectivity index is 1.37. The third-order valence-corrected chi connectivity index (χ3v) is 4.46. The van der Waals surface area contributed by atoms with Crippen LogP contribution in [0.15, 0.2) is 30.9 Å². The van der Waals surface area contributed by atoms with E-state index in [1.807, 2.05) is 19.3 Å². The van der Waals surface area contributed by atoms with Crippen LogP contribution in [0.5, 0.6) is 0 Å². The summed E-state index contributed by atoms with van der Waals surface area (Å²) in [4.78, 5) is 20.6. The highest BCUT2D eigenvalue weighted by atomic mass is 16.1. The molecule has 0 radical (unpaired) electrons. The van der Waals surface area contributed by atoms with E-state index < -0.39 is 0 Å². The number of amides is 1. The monoisotopic (exact) mass is 328 g/mol. The Morgan fingerprint density at radius 3 is 2.79 bits per heavy atom. The smallest absolute Gasteiger partial charge is 0.223 e. The van der Waals surface area contributed by atoms with Crippen molar-refractivity contribution in [1.82, 2.24) is 25.1 Å². The van der Waals surface area contributed by atoms with E-state index in [2.05, 4.69) is 25.7 Å². The van der Waals surface area contributed by atoms with Gasteiger partial charge in [0.05, 0.1) is 11.9 Å². The predicted molar refractivity (Wildman–Crippen MR) is 91.3 cm³/mol. The van der Waals surface area contributed by atoms with Crippen molar-refractivity contribution < 1.29 is 4.79 Å². The second-order valence-electron chi connectivity index (χ2n) is 6.31. The van der Waals surface area contributed by atoms with E-state index in [0.29, 0.717) is 12.6 Å². The summed E-state index contributed by atoms with van der Waals surface area (Å²) in [7, 11) is 1.90. The summed E-state index contributed by atoms with van der Waals surface area (Å²) in [6.07, 6.45) is 11.6. The van der Waals surface area contributed by atoms with Gasteiger partial charge in [0.1, 0.15) is 5.82 Å². The molecule has 1 aliphatic rings. The Bertz CT molecular complexity index is 648. The molecule has 0 bridgehead atoms. The lowest BCUT2D eigenvalue weighted by Gasteiger charge is -2.28. The van der Waals surface area contributed by atoms with E-state index in [1.165, 1.54) is 0 Å². The van der Waals surface area contributed by atoms with Gasteiger partial charge in [0.2, 0.25) is 5.91 Å². The number of hydrogen-bond donors (Lipinski definition) is 2. The van der Waals surface area contributed by atoms with E-state index in [9.17, 15) is 4.79 Å². The molecule has 1 fully saturated rings. The van der Waals surface area contributed by atoms with Gasteiger partial charge >= 0.3 is 0 Å². The third-order valence-electron chi connectivity index (χ3n) is 4.46. The second kappa shape index (κ2) is 7.90. The second-order valence-corrected chi connectivity index (χ2v) is 6.31. The quantitative estimate of drug-likeness (QED) is 0.840. The maximum atomic E-state index is 12.3. The van der Waals surface area contributed by atoms with Crippen molar-refractivity contribution in [1.29, 1.82) is 0 Å². The fourth-order valence-electron chi connectivity index (χ4n) is 3.14. The normalized spacial score (nSPS) is 20.5. The van der Waals surface area contributed by atoms with Gasteiger partial charge < -0.3 is 10.6 Å². The third kappa shape index (κ3) is 4.53. The molecule has 3 rings (SSSR count). The first-order chi connectivity index (χ1) is 11.7. The van der Waals surface area contributed by atoms with Crippen molar-refractivity contribution in [2.45, 2.75) is 38.1 Å². The Hall–Kier alpha value is -2.44. The van der Waals surface area contributed by atoms with Crippen LogP contribution in [0.1, 0.15) is 31.4 Å². The average molecular weight is 328 g/mol. The molecular weight excluding hydrogens is 304 g/mol. The number of rotatable bonds is 6. The number of anilines is 1. The summed E-state index contributed by atoms with van der Waals surface area (Å²) in [5, 5.41) is 10.8. The van der Waals surface area contributed by atoms with E-state index in [0.717, 1.165) is 43.6 Å². The van der Waals surface area contributed by atoms with Crippen molar-refractivity contribution >= 4 is 11.7 Å². The fraction of sp³-hybridized carbons (Fsp3) is 0.529. The van der Waals surface area contributed by atoms with Gasteiger partial charge in [-0.2, -0.15) is 5.10 Å². The van der Waals surface area contributed by atoms with Gasteiger partial charge in [-0.1, -0.05) is 0 Å². The highest BCUT2D eigenvalue weighted by Gasteiger charge is 2.26. The summed E-state index contributed by atoms with van der Waals surface area (Å²) in [5.74, 6) is 1.10. The minimum atomic E-state index is 0.119. The van der Waals surface area contributed by atoms with Crippen LogP contribution in [0.3, 0.4) is 0 Å². The van der Waals surface area contributed by atoms with Crippen LogP contribution in [0.2, 0.25) is 0 Å². The maximum Gasteiger partial charge on any atom is 0.223 e. The molecule has 1 saturated carbocycles. The predicted octanol–water partition coefficient (Wildman–Crippen LogP) is 1.54. The van der Waals surface area contributed by atoms with E-state index in [1.54, 1.807) is 23.3 Å². The number of aromatic nitrogens is 4. The molecule has 0 spiro atoms. The van der Waals surface area contributed by atoms with E-state index >= 15 is 0 Å². The lowest BCUT2D eigenvalue weighted by Crippen LogP contribution is -2.36. The number of hydrogen-bond acceptors (Lipinski definition) is 5. The number of nitrogens with zero attached hydrogens (tertiary/aromatic N) is 4. The molecule has 2 aromatic rings. The number of aryl methyl sites for hydroxylation is 1. The Kier molecular flexibility index (Phi) is 5.40. The van der Waals surface area contributed by atoms with Crippen LogP contribution < -0.4 is 10.6 Å². The van der Waals surface area contributed by atoms with Gasteiger partial charge in [0.25, 0.3) is 0 Å². The van der Waals surface area contributed by atoms with Crippen LogP contribution in [0.25, 0.3) is 0 Å². The van der Waals surface area contributed by atoms with Crippen LogP contribution in [-0.4, -0.2) is 38.2 Å². The van der Waals surface area contributed by atoms with Gasteiger partial charge in [0, 0.05) is 50.6 Å². The lowest BCUT2D eigenvalue weighted by molar-refractivity contribution is -0.125. The molecule has 0 atom stereocenters. The Labute approximate surface area is 141 Å². The molecule has 1 aliphatic carbocycles. The number of carbonyl (C=O) groups excluding carboxylic acids is 1. The highest BCUT2D eigenvalue weighted by Crippen LogP contribution is 2.26. The molecule has 7 nitrogen and oxygen atoms in total. The zero-order valence-electron chi connectivity index (χ0n) is 14.0. The van der Waals surface area contributed by atoms with Crippen LogP contribution in [0, 0.1) is 5.92 Å². The van der Waals surface area contributed by atoms with Crippen molar-refractivity contribution in [2.75, 3.05) is 11.9 Å². The van der Waals surface area contributed by atoms with Crippen molar-refractivity contribution in [3.05, 3.63) is 36.5 Å². The van der Waals surface area contributed by atoms with Crippen LogP contribution >= 0.6 is 0 Å². The fourth-order valence-corrected chi connectivity index (χ4v) is 3.14. The standard InChI is InChI=1S/C17H24N6O/c1-23-11-7-15(22-23)6-8-20-17(24)13-2-4-14(5-3-13)21-16-12-18-9-10-19-16/h7,9-14H,2-6,8H2,1H3,(H,19,21)(H,20,24). The molecule has 2 aromatic heterocycles. The maximum absolute atomic E-state index is 12.3. The first kappa shape index (κ1) is 16.4. The number of carbonyl (C=O) groups is 1. The van der Waals surface area contributed by atoms with Crippen molar-refractivity contribution in [3.8, 4) is 0 Å². The molecule has 2 N–H and O–H groups in total. The molecule has 0 aliphatic heterocycles. The average Bonchev–Trinajstić information content (AvgIpc) is 3.02. The summed E-state index contributed by atoms with van der Waals surface area (Å²) in [6, 6.07) is 2.36. The zero-order valence-corrected chi connectivity index (χ0v) is 14.0. The summed E-state index contributed by atoms with van der Waals surface area (Å²) in [5.41, 5.74) is 1.01. The molecule has 24 heavy (non-hydrogen) atoms. The van der Waals surface area contributed by atoms with Gasteiger partial charge in [-0.25, -0.2) is 4.98 Å². The van der Waals surface area contributed by atoms with Crippen molar-refractivity contribution in [2.24, 2.45) is 13.0 Å². The van der Waals surface area contributed by atoms with Crippen LogP contribution in [-0.2, 0) is 18.3 Å². The van der Waals surface area contributed by atoms with Crippen molar-refractivity contribution in [3.63, 3.8) is 0 Å². The van der Waals surface area contributed by atoms with Crippen LogP contribution in [0.4, 0.5) is 5.82 Å². The molecule has 1 amide bonds.